The Balaban J connectivity index is 2.32. The minimum absolute atomic E-state index is 0.0868. The first-order valence-electron chi connectivity index (χ1n) is 4.03. The molecular weight excluding hydrogens is 128 g/mol. The first-order chi connectivity index (χ1) is 4.70. The zero-order valence-electron chi connectivity index (χ0n) is 6.71. The Morgan fingerprint density at radius 1 is 1.50 bits per heavy atom. The zero-order chi connectivity index (χ0) is 7.56. The summed E-state index contributed by atoms with van der Waals surface area (Å²) >= 11 is 0. The molecule has 0 unspecified atom stereocenters. The van der Waals surface area contributed by atoms with Crippen molar-refractivity contribution in [2.24, 2.45) is 0 Å². The van der Waals surface area contributed by atoms with Crippen LogP contribution in [0.4, 0.5) is 0 Å². The molecule has 0 aromatic carbocycles. The predicted octanol–water partition coefficient (Wildman–Crippen LogP) is 1.32. The van der Waals surface area contributed by atoms with E-state index in [2.05, 4.69) is 6.92 Å². The highest BCUT2D eigenvalue weighted by atomic mass is 16.5. The van der Waals surface area contributed by atoms with E-state index in [4.69, 9.17) is 9.84 Å². The van der Waals surface area contributed by atoms with E-state index >= 15 is 0 Å². The van der Waals surface area contributed by atoms with Crippen LogP contribution in [-0.4, -0.2) is 23.4 Å². The fraction of sp³-hybridized carbons (Fsp3) is 1.00. The largest absolute Gasteiger partial charge is 0.391 e. The lowest BCUT2D eigenvalue weighted by molar-refractivity contribution is -0.0926. The van der Waals surface area contributed by atoms with E-state index < -0.39 is 0 Å². The first kappa shape index (κ1) is 8.02. The molecule has 0 aliphatic carbocycles. The number of hydrogen-bond donors (Lipinski definition) is 1. The molecule has 1 saturated heterocycles. The van der Waals surface area contributed by atoms with E-state index in [-0.39, 0.29) is 12.2 Å². The molecule has 0 bridgehead atoms. The Hall–Kier alpha value is -0.0800. The van der Waals surface area contributed by atoms with Gasteiger partial charge in [0.1, 0.15) is 0 Å². The van der Waals surface area contributed by atoms with Crippen LogP contribution in [0.2, 0.25) is 0 Å². The number of rotatable bonds is 1. The van der Waals surface area contributed by atoms with Crippen molar-refractivity contribution in [1.82, 2.24) is 0 Å². The van der Waals surface area contributed by atoms with Crippen molar-refractivity contribution in [1.29, 1.82) is 0 Å². The minimum Gasteiger partial charge on any atom is -0.391 e. The van der Waals surface area contributed by atoms with Crippen LogP contribution in [0.1, 0.15) is 33.1 Å². The summed E-state index contributed by atoms with van der Waals surface area (Å²) in [5, 5.41) is 9.17. The Morgan fingerprint density at radius 3 is 2.60 bits per heavy atom. The summed E-state index contributed by atoms with van der Waals surface area (Å²) in [5.41, 5.74) is 0. The van der Waals surface area contributed by atoms with Gasteiger partial charge in [0.15, 0.2) is 0 Å². The maximum Gasteiger partial charge on any atom is 0.0834 e. The molecular formula is C8H16O2. The van der Waals surface area contributed by atoms with Gasteiger partial charge in [-0.25, -0.2) is 0 Å². The van der Waals surface area contributed by atoms with Crippen LogP contribution < -0.4 is 0 Å². The highest BCUT2D eigenvalue weighted by Crippen LogP contribution is 2.20. The molecule has 1 fully saturated rings. The van der Waals surface area contributed by atoms with Crippen molar-refractivity contribution < 1.29 is 9.84 Å². The zero-order valence-corrected chi connectivity index (χ0v) is 6.71. The van der Waals surface area contributed by atoms with Crippen LogP contribution in [0.3, 0.4) is 0 Å². The molecule has 60 valence electrons. The van der Waals surface area contributed by atoms with Gasteiger partial charge in [-0.05, 0) is 33.1 Å². The summed E-state index contributed by atoms with van der Waals surface area (Å²) in [5.74, 6) is 0. The van der Waals surface area contributed by atoms with Crippen molar-refractivity contribution >= 4 is 0 Å². The van der Waals surface area contributed by atoms with E-state index in [0.717, 1.165) is 12.8 Å². The quantitative estimate of drug-likeness (QED) is 0.601. The summed E-state index contributed by atoms with van der Waals surface area (Å²) in [4.78, 5) is 0. The molecule has 1 aliphatic heterocycles. The third kappa shape index (κ3) is 1.96. The van der Waals surface area contributed by atoms with E-state index in [0.29, 0.717) is 6.10 Å². The van der Waals surface area contributed by atoms with Gasteiger partial charge >= 0.3 is 0 Å². The number of hydrogen-bond acceptors (Lipinski definition) is 2. The number of aliphatic hydroxyl groups is 1. The van der Waals surface area contributed by atoms with Gasteiger partial charge < -0.3 is 9.84 Å². The molecule has 3 atom stereocenters. The molecule has 1 heterocycles. The maximum absolute atomic E-state index is 9.17. The minimum atomic E-state index is -0.303. The average molecular weight is 144 g/mol. The molecule has 10 heavy (non-hydrogen) atoms. The van der Waals surface area contributed by atoms with Gasteiger partial charge in [0.25, 0.3) is 0 Å². The summed E-state index contributed by atoms with van der Waals surface area (Å²) < 4.78 is 5.50. The predicted molar refractivity (Wildman–Crippen MR) is 39.9 cm³/mol. The Bertz CT molecular complexity index is 101. The van der Waals surface area contributed by atoms with Crippen molar-refractivity contribution in [3.05, 3.63) is 0 Å². The van der Waals surface area contributed by atoms with Gasteiger partial charge in [0, 0.05) is 0 Å². The topological polar surface area (TPSA) is 29.5 Å². The van der Waals surface area contributed by atoms with E-state index in [1.54, 1.807) is 6.92 Å². The van der Waals surface area contributed by atoms with Gasteiger partial charge in [0.05, 0.1) is 18.3 Å². The lowest BCUT2D eigenvalue weighted by Gasteiger charge is -2.29. The Labute approximate surface area is 62.2 Å². The van der Waals surface area contributed by atoms with E-state index in [1.165, 1.54) is 6.42 Å². The highest BCUT2D eigenvalue weighted by Gasteiger charge is 2.22. The fourth-order valence-corrected chi connectivity index (χ4v) is 1.40. The van der Waals surface area contributed by atoms with Crippen LogP contribution in [0, 0.1) is 0 Å². The smallest absolute Gasteiger partial charge is 0.0834 e. The lowest BCUT2D eigenvalue weighted by atomic mass is 10.0. The summed E-state index contributed by atoms with van der Waals surface area (Å²) in [7, 11) is 0. The highest BCUT2D eigenvalue weighted by molar-refractivity contribution is 4.71. The molecule has 0 spiro atoms. The van der Waals surface area contributed by atoms with E-state index in [1.807, 2.05) is 0 Å². The molecule has 0 radical (unpaired) electrons. The summed E-state index contributed by atoms with van der Waals surface area (Å²) in [6.45, 7) is 3.86. The monoisotopic (exact) mass is 144 g/mol. The van der Waals surface area contributed by atoms with Crippen molar-refractivity contribution in [3.63, 3.8) is 0 Å². The third-order valence-corrected chi connectivity index (χ3v) is 2.04. The van der Waals surface area contributed by atoms with Crippen molar-refractivity contribution in [2.75, 3.05) is 0 Å². The summed E-state index contributed by atoms with van der Waals surface area (Å²) in [6.07, 6.45) is 3.47. The normalized spacial score (nSPS) is 37.5. The van der Waals surface area contributed by atoms with Crippen molar-refractivity contribution in [2.45, 2.75) is 51.4 Å². The molecule has 2 heteroatoms. The molecule has 0 amide bonds. The van der Waals surface area contributed by atoms with Crippen LogP contribution >= 0.6 is 0 Å². The lowest BCUT2D eigenvalue weighted by Crippen LogP contribution is -2.33. The van der Waals surface area contributed by atoms with Crippen LogP contribution in [0.5, 0.6) is 0 Å². The van der Waals surface area contributed by atoms with Crippen LogP contribution in [-0.2, 0) is 4.74 Å². The summed E-state index contributed by atoms with van der Waals surface area (Å²) in [6, 6.07) is 0. The first-order valence-corrected chi connectivity index (χ1v) is 4.03. The van der Waals surface area contributed by atoms with Crippen molar-refractivity contribution in [3.8, 4) is 0 Å². The van der Waals surface area contributed by atoms with Gasteiger partial charge in [-0.2, -0.15) is 0 Å². The van der Waals surface area contributed by atoms with Crippen LogP contribution in [0.15, 0.2) is 0 Å². The molecule has 1 N–H and O–H groups in total. The standard InChI is InChI=1S/C8H16O2/c1-6-4-3-5-8(10-6)7(2)9/h6-9H,3-5H2,1-2H3/t6-,7+,8-/m0/s1. The Morgan fingerprint density at radius 2 is 2.20 bits per heavy atom. The molecule has 0 aromatic rings. The molecule has 0 aromatic heterocycles. The molecule has 2 nitrogen and oxygen atoms in total. The molecule has 1 aliphatic rings. The fourth-order valence-electron chi connectivity index (χ4n) is 1.40. The van der Waals surface area contributed by atoms with Gasteiger partial charge in [-0.1, -0.05) is 0 Å². The molecule has 1 rings (SSSR count). The Kier molecular flexibility index (Phi) is 2.69. The van der Waals surface area contributed by atoms with Gasteiger partial charge in [-0.3, -0.25) is 0 Å². The van der Waals surface area contributed by atoms with Gasteiger partial charge in [-0.15, -0.1) is 0 Å². The average Bonchev–Trinajstić information content (AvgIpc) is 1.88. The second-order valence-corrected chi connectivity index (χ2v) is 3.16. The maximum atomic E-state index is 9.17. The second-order valence-electron chi connectivity index (χ2n) is 3.16. The third-order valence-electron chi connectivity index (χ3n) is 2.04. The number of aliphatic hydroxyl groups excluding tert-OH is 1. The SMILES string of the molecule is C[C@H]1CCC[C@@H]([C@@H](C)O)O1. The van der Waals surface area contributed by atoms with Crippen LogP contribution in [0.25, 0.3) is 0 Å². The number of ether oxygens (including phenoxy) is 1. The van der Waals surface area contributed by atoms with Gasteiger partial charge in [0.2, 0.25) is 0 Å². The second kappa shape index (κ2) is 3.35. The van der Waals surface area contributed by atoms with E-state index in [9.17, 15) is 0 Å². The molecule has 0 saturated carbocycles.